The van der Waals surface area contributed by atoms with Crippen LogP contribution in [0.15, 0.2) is 16.7 Å². The van der Waals surface area contributed by atoms with Gasteiger partial charge in [0.15, 0.2) is 5.78 Å². The van der Waals surface area contributed by atoms with E-state index >= 15 is 0 Å². The minimum Gasteiger partial charge on any atom is -0.469 e. The molecule has 0 radical (unpaired) electrons. The van der Waals surface area contributed by atoms with Crippen molar-refractivity contribution in [1.82, 2.24) is 0 Å². The fourth-order valence-electron chi connectivity index (χ4n) is 1.98. The van der Waals surface area contributed by atoms with Crippen molar-refractivity contribution in [3.8, 4) is 0 Å². The van der Waals surface area contributed by atoms with E-state index in [1.165, 1.54) is 38.5 Å². The Morgan fingerprint density at radius 3 is 2.35 bits per heavy atom. The Kier molecular flexibility index (Phi) is 6.68. The second-order valence-corrected chi connectivity index (χ2v) is 4.74. The van der Waals surface area contributed by atoms with Gasteiger partial charge in [-0.3, -0.25) is 4.79 Å². The molecule has 0 atom stereocenters. The van der Waals surface area contributed by atoms with Crippen LogP contribution in [0.1, 0.15) is 74.4 Å². The predicted octanol–water partition coefficient (Wildman–Crippen LogP) is 4.91. The summed E-state index contributed by atoms with van der Waals surface area (Å²) in [6, 6.07) is 1.82. The molecule has 2 heteroatoms. The Morgan fingerprint density at radius 1 is 1.12 bits per heavy atom. The maximum absolute atomic E-state index is 11.7. The first-order valence-corrected chi connectivity index (χ1v) is 6.82. The average molecular weight is 236 g/mol. The van der Waals surface area contributed by atoms with Crippen LogP contribution < -0.4 is 0 Å². The van der Waals surface area contributed by atoms with Crippen LogP contribution in [0.4, 0.5) is 0 Å². The van der Waals surface area contributed by atoms with Crippen molar-refractivity contribution in [2.75, 3.05) is 0 Å². The molecule has 0 aromatic carbocycles. The molecule has 0 aliphatic rings. The van der Waals surface area contributed by atoms with Crippen molar-refractivity contribution in [2.45, 2.75) is 65.2 Å². The quantitative estimate of drug-likeness (QED) is 0.450. The Labute approximate surface area is 104 Å². The summed E-state index contributed by atoms with van der Waals surface area (Å²) in [4.78, 5) is 11.7. The molecule has 2 nitrogen and oxygen atoms in total. The van der Waals surface area contributed by atoms with E-state index in [1.54, 1.807) is 6.26 Å². The summed E-state index contributed by atoms with van der Waals surface area (Å²) in [5, 5.41) is 0. The maximum Gasteiger partial charge on any atom is 0.166 e. The maximum atomic E-state index is 11.7. The Morgan fingerprint density at radius 2 is 1.76 bits per heavy atom. The van der Waals surface area contributed by atoms with Gasteiger partial charge in [0.2, 0.25) is 0 Å². The van der Waals surface area contributed by atoms with Crippen LogP contribution in [0.5, 0.6) is 0 Å². The number of carbonyl (C=O) groups is 1. The first-order chi connectivity index (χ1) is 8.24. The Balaban J connectivity index is 2.05. The smallest absolute Gasteiger partial charge is 0.166 e. The van der Waals surface area contributed by atoms with Crippen LogP contribution in [-0.4, -0.2) is 5.78 Å². The highest BCUT2D eigenvalue weighted by Gasteiger charge is 2.07. The molecule has 1 aromatic rings. The molecule has 0 aliphatic carbocycles. The third kappa shape index (κ3) is 5.71. The van der Waals surface area contributed by atoms with Gasteiger partial charge in [0.05, 0.1) is 5.56 Å². The number of furan rings is 1. The monoisotopic (exact) mass is 236 g/mol. The second-order valence-electron chi connectivity index (χ2n) is 4.74. The fourth-order valence-corrected chi connectivity index (χ4v) is 1.98. The number of Topliss-reactive ketones (excluding diaryl/α,β-unsaturated/α-hetero) is 1. The zero-order valence-electron chi connectivity index (χ0n) is 11.1. The van der Waals surface area contributed by atoms with Crippen LogP contribution >= 0.6 is 0 Å². The van der Waals surface area contributed by atoms with E-state index < -0.39 is 0 Å². The number of aryl methyl sites for hydroxylation is 1. The molecule has 0 bridgehead atoms. The summed E-state index contributed by atoms with van der Waals surface area (Å²) in [6.07, 6.45) is 11.0. The standard InChI is InChI=1S/C15H24O2/c1-3-4-5-6-7-8-9-10-15(16)14-11-13(2)17-12-14/h11-12H,3-10H2,1-2H3. The molecule has 0 saturated carbocycles. The van der Waals surface area contributed by atoms with E-state index in [-0.39, 0.29) is 5.78 Å². The zero-order chi connectivity index (χ0) is 12.5. The van der Waals surface area contributed by atoms with E-state index in [1.807, 2.05) is 13.0 Å². The van der Waals surface area contributed by atoms with Gasteiger partial charge in [0.1, 0.15) is 12.0 Å². The molecule has 0 spiro atoms. The fraction of sp³-hybridized carbons (Fsp3) is 0.667. The van der Waals surface area contributed by atoms with Crippen molar-refractivity contribution < 1.29 is 9.21 Å². The molecule has 17 heavy (non-hydrogen) atoms. The lowest BCUT2D eigenvalue weighted by molar-refractivity contribution is 0.0978. The molecule has 0 saturated heterocycles. The van der Waals surface area contributed by atoms with Crippen LogP contribution in [0, 0.1) is 6.92 Å². The molecular weight excluding hydrogens is 212 g/mol. The number of rotatable bonds is 9. The van der Waals surface area contributed by atoms with Crippen molar-refractivity contribution in [3.63, 3.8) is 0 Å². The lowest BCUT2D eigenvalue weighted by atomic mass is 10.0. The minimum absolute atomic E-state index is 0.218. The molecule has 0 amide bonds. The minimum atomic E-state index is 0.218. The largest absolute Gasteiger partial charge is 0.469 e. The van der Waals surface area contributed by atoms with E-state index in [9.17, 15) is 4.79 Å². The first-order valence-electron chi connectivity index (χ1n) is 6.82. The summed E-state index contributed by atoms with van der Waals surface area (Å²) in [6.45, 7) is 4.09. The number of hydrogen-bond acceptors (Lipinski definition) is 2. The van der Waals surface area contributed by atoms with Crippen LogP contribution in [-0.2, 0) is 0 Å². The van der Waals surface area contributed by atoms with Crippen molar-refractivity contribution >= 4 is 5.78 Å². The molecule has 96 valence electrons. The van der Waals surface area contributed by atoms with E-state index in [2.05, 4.69) is 6.92 Å². The van der Waals surface area contributed by atoms with Crippen molar-refractivity contribution in [3.05, 3.63) is 23.7 Å². The average Bonchev–Trinajstić information content (AvgIpc) is 2.74. The molecule has 0 aliphatic heterocycles. The summed E-state index contributed by atoms with van der Waals surface area (Å²) >= 11 is 0. The molecule has 1 aromatic heterocycles. The number of carbonyl (C=O) groups excluding carboxylic acids is 1. The molecule has 1 rings (SSSR count). The summed E-state index contributed by atoms with van der Waals surface area (Å²) in [5.41, 5.74) is 0.730. The molecule has 0 fully saturated rings. The van der Waals surface area contributed by atoms with Gasteiger partial charge in [0.25, 0.3) is 0 Å². The highest BCUT2D eigenvalue weighted by atomic mass is 16.3. The van der Waals surface area contributed by atoms with Crippen LogP contribution in [0.2, 0.25) is 0 Å². The normalized spacial score (nSPS) is 10.7. The summed E-state index contributed by atoms with van der Waals surface area (Å²) < 4.78 is 5.14. The lowest BCUT2D eigenvalue weighted by Crippen LogP contribution is -1.96. The van der Waals surface area contributed by atoms with Gasteiger partial charge in [-0.2, -0.15) is 0 Å². The number of ketones is 1. The van der Waals surface area contributed by atoms with Crippen molar-refractivity contribution in [2.24, 2.45) is 0 Å². The summed E-state index contributed by atoms with van der Waals surface area (Å²) in [5.74, 6) is 1.03. The molecule has 0 N–H and O–H groups in total. The van der Waals surface area contributed by atoms with Gasteiger partial charge in [-0.25, -0.2) is 0 Å². The molecular formula is C15H24O2. The topological polar surface area (TPSA) is 30.2 Å². The highest BCUT2D eigenvalue weighted by Crippen LogP contribution is 2.13. The van der Waals surface area contributed by atoms with Gasteiger partial charge in [-0.1, -0.05) is 45.4 Å². The van der Waals surface area contributed by atoms with Crippen LogP contribution in [0.3, 0.4) is 0 Å². The zero-order valence-corrected chi connectivity index (χ0v) is 11.1. The number of hydrogen-bond donors (Lipinski definition) is 0. The Bertz CT molecular complexity index is 325. The number of unbranched alkanes of at least 4 members (excludes halogenated alkanes) is 6. The van der Waals surface area contributed by atoms with Crippen LogP contribution in [0.25, 0.3) is 0 Å². The SMILES string of the molecule is CCCCCCCCCC(=O)c1coc(C)c1. The Hall–Kier alpha value is -1.05. The first kappa shape index (κ1) is 14.0. The van der Waals surface area contributed by atoms with E-state index in [4.69, 9.17) is 4.42 Å². The van der Waals surface area contributed by atoms with Crippen molar-refractivity contribution in [1.29, 1.82) is 0 Å². The van der Waals surface area contributed by atoms with E-state index in [0.29, 0.717) is 6.42 Å². The second kappa shape index (κ2) is 8.10. The van der Waals surface area contributed by atoms with Gasteiger partial charge >= 0.3 is 0 Å². The van der Waals surface area contributed by atoms with E-state index in [0.717, 1.165) is 17.7 Å². The molecule has 0 unspecified atom stereocenters. The van der Waals surface area contributed by atoms with Gasteiger partial charge in [0, 0.05) is 6.42 Å². The molecule has 1 heterocycles. The van der Waals surface area contributed by atoms with Gasteiger partial charge < -0.3 is 4.42 Å². The third-order valence-corrected chi connectivity index (χ3v) is 3.06. The highest BCUT2D eigenvalue weighted by molar-refractivity contribution is 5.95. The van der Waals surface area contributed by atoms with Gasteiger partial charge in [-0.15, -0.1) is 0 Å². The van der Waals surface area contributed by atoms with Gasteiger partial charge in [-0.05, 0) is 19.4 Å². The predicted molar refractivity (Wildman–Crippen MR) is 70.4 cm³/mol. The summed E-state index contributed by atoms with van der Waals surface area (Å²) in [7, 11) is 0. The lowest BCUT2D eigenvalue weighted by Gasteiger charge is -2.00. The third-order valence-electron chi connectivity index (χ3n) is 3.06.